The summed E-state index contributed by atoms with van der Waals surface area (Å²) >= 11 is 0. The van der Waals surface area contributed by atoms with Crippen LogP contribution in [-0.4, -0.2) is 5.84 Å². The van der Waals surface area contributed by atoms with Gasteiger partial charge in [0, 0.05) is 11.1 Å². The number of hydrogen-bond acceptors (Lipinski definition) is 2. The molecule has 0 saturated carbocycles. The number of nitrogens with one attached hydrogen (secondary N) is 1. The van der Waals surface area contributed by atoms with Crippen LogP contribution in [0.3, 0.4) is 0 Å². The quantitative estimate of drug-likeness (QED) is 0.643. The third-order valence-corrected chi connectivity index (χ3v) is 3.57. The molecule has 0 heterocycles. The number of nitrogen functional groups attached to an aromatic ring is 1. The molecule has 0 atom stereocenters. The number of benzene rings is 2. The lowest BCUT2D eigenvalue weighted by atomic mass is 10.0. The van der Waals surface area contributed by atoms with Gasteiger partial charge in [0.2, 0.25) is 0 Å². The second-order valence-corrected chi connectivity index (χ2v) is 5.54. The molecule has 2 aromatic carbocycles. The van der Waals surface area contributed by atoms with Crippen molar-refractivity contribution in [2.45, 2.75) is 33.3 Å². The lowest BCUT2D eigenvalue weighted by molar-refractivity contribution is 0.303. The molecule has 110 valence electrons. The van der Waals surface area contributed by atoms with E-state index in [1.807, 2.05) is 31.2 Å². The molecule has 0 saturated heterocycles. The standard InChI is InChI=1S/C18H22N2O/c1-12(2)14-9-8-13(3)17(10-14)21-11-15-6-4-5-7-16(15)18(19)20/h4-10,12H,11H2,1-3H3,(H3,19,20). The molecule has 3 N–H and O–H groups in total. The fourth-order valence-corrected chi connectivity index (χ4v) is 2.20. The zero-order valence-corrected chi connectivity index (χ0v) is 12.8. The van der Waals surface area contributed by atoms with E-state index in [0.29, 0.717) is 12.5 Å². The number of rotatable bonds is 5. The summed E-state index contributed by atoms with van der Waals surface area (Å²) in [5, 5.41) is 7.61. The van der Waals surface area contributed by atoms with Crippen LogP contribution in [0.5, 0.6) is 5.75 Å². The summed E-state index contributed by atoms with van der Waals surface area (Å²) in [6.45, 7) is 6.79. The van der Waals surface area contributed by atoms with Crippen molar-refractivity contribution in [3.63, 3.8) is 0 Å². The summed E-state index contributed by atoms with van der Waals surface area (Å²) in [5.41, 5.74) is 9.64. The van der Waals surface area contributed by atoms with Gasteiger partial charge in [-0.25, -0.2) is 0 Å². The van der Waals surface area contributed by atoms with Crippen molar-refractivity contribution >= 4 is 5.84 Å². The molecule has 0 bridgehead atoms. The lowest BCUT2D eigenvalue weighted by Gasteiger charge is -2.14. The average molecular weight is 282 g/mol. The van der Waals surface area contributed by atoms with E-state index in [2.05, 4.69) is 32.0 Å². The summed E-state index contributed by atoms with van der Waals surface area (Å²) < 4.78 is 5.95. The van der Waals surface area contributed by atoms with E-state index in [-0.39, 0.29) is 5.84 Å². The Morgan fingerprint density at radius 3 is 2.57 bits per heavy atom. The van der Waals surface area contributed by atoms with Gasteiger partial charge in [0.15, 0.2) is 0 Å². The molecular weight excluding hydrogens is 260 g/mol. The topological polar surface area (TPSA) is 59.1 Å². The van der Waals surface area contributed by atoms with Crippen molar-refractivity contribution in [1.29, 1.82) is 5.41 Å². The fourth-order valence-electron chi connectivity index (χ4n) is 2.20. The largest absolute Gasteiger partial charge is 0.489 e. The van der Waals surface area contributed by atoms with Crippen LogP contribution in [0.25, 0.3) is 0 Å². The number of aryl methyl sites for hydroxylation is 1. The summed E-state index contributed by atoms with van der Waals surface area (Å²) in [6, 6.07) is 13.9. The predicted octanol–water partition coefficient (Wildman–Crippen LogP) is 3.98. The highest BCUT2D eigenvalue weighted by Crippen LogP contribution is 2.25. The first kappa shape index (κ1) is 15.1. The third kappa shape index (κ3) is 3.63. The molecule has 0 spiro atoms. The number of ether oxygens (including phenoxy) is 1. The van der Waals surface area contributed by atoms with E-state index >= 15 is 0 Å². The molecule has 0 aliphatic carbocycles. The second kappa shape index (κ2) is 6.44. The first-order valence-electron chi connectivity index (χ1n) is 7.14. The van der Waals surface area contributed by atoms with Crippen molar-refractivity contribution in [3.8, 4) is 5.75 Å². The van der Waals surface area contributed by atoms with Crippen LogP contribution < -0.4 is 10.5 Å². The summed E-state index contributed by atoms with van der Waals surface area (Å²) in [5.74, 6) is 1.43. The number of amidine groups is 1. The Kier molecular flexibility index (Phi) is 4.63. The maximum atomic E-state index is 7.61. The highest BCUT2D eigenvalue weighted by Gasteiger charge is 2.08. The Labute approximate surface area is 126 Å². The highest BCUT2D eigenvalue weighted by molar-refractivity contribution is 5.96. The van der Waals surface area contributed by atoms with E-state index in [4.69, 9.17) is 15.9 Å². The summed E-state index contributed by atoms with van der Waals surface area (Å²) in [6.07, 6.45) is 0. The molecule has 0 fully saturated rings. The Hall–Kier alpha value is -2.29. The highest BCUT2D eigenvalue weighted by atomic mass is 16.5. The first-order valence-corrected chi connectivity index (χ1v) is 7.14. The minimum Gasteiger partial charge on any atom is -0.489 e. The molecule has 0 amide bonds. The molecule has 21 heavy (non-hydrogen) atoms. The smallest absolute Gasteiger partial charge is 0.123 e. The molecule has 2 aromatic rings. The zero-order valence-electron chi connectivity index (χ0n) is 12.8. The van der Waals surface area contributed by atoms with Gasteiger partial charge in [-0.3, -0.25) is 5.41 Å². The predicted molar refractivity (Wildman–Crippen MR) is 87.1 cm³/mol. The molecule has 3 heteroatoms. The van der Waals surface area contributed by atoms with Gasteiger partial charge in [-0.2, -0.15) is 0 Å². The molecule has 2 rings (SSSR count). The van der Waals surface area contributed by atoms with E-state index in [1.165, 1.54) is 5.56 Å². The van der Waals surface area contributed by atoms with Gasteiger partial charge >= 0.3 is 0 Å². The van der Waals surface area contributed by atoms with Crippen LogP contribution in [0.4, 0.5) is 0 Å². The molecule has 3 nitrogen and oxygen atoms in total. The maximum absolute atomic E-state index is 7.61. The molecule has 0 aliphatic heterocycles. The Morgan fingerprint density at radius 2 is 1.90 bits per heavy atom. The molecule has 0 aromatic heterocycles. The van der Waals surface area contributed by atoms with Crippen molar-refractivity contribution < 1.29 is 4.74 Å². The minimum atomic E-state index is 0.0712. The molecular formula is C18H22N2O. The average Bonchev–Trinajstić information content (AvgIpc) is 2.46. The van der Waals surface area contributed by atoms with Gasteiger partial charge < -0.3 is 10.5 Å². The van der Waals surface area contributed by atoms with Crippen molar-refractivity contribution in [3.05, 3.63) is 64.7 Å². The SMILES string of the molecule is Cc1ccc(C(C)C)cc1OCc1ccccc1C(=N)N. The van der Waals surface area contributed by atoms with Crippen LogP contribution in [0.1, 0.15) is 42.0 Å². The van der Waals surface area contributed by atoms with Gasteiger partial charge in [-0.1, -0.05) is 50.2 Å². The van der Waals surface area contributed by atoms with Gasteiger partial charge in [0.05, 0.1) is 0 Å². The van der Waals surface area contributed by atoms with Crippen molar-refractivity contribution in [1.82, 2.24) is 0 Å². The monoisotopic (exact) mass is 282 g/mol. The summed E-state index contributed by atoms with van der Waals surface area (Å²) in [7, 11) is 0. The van der Waals surface area contributed by atoms with Crippen LogP contribution in [0.2, 0.25) is 0 Å². The summed E-state index contributed by atoms with van der Waals surface area (Å²) in [4.78, 5) is 0. The number of hydrogen-bond donors (Lipinski definition) is 2. The second-order valence-electron chi connectivity index (χ2n) is 5.54. The van der Waals surface area contributed by atoms with Crippen LogP contribution in [0.15, 0.2) is 42.5 Å². The zero-order chi connectivity index (χ0) is 15.4. The molecule has 0 aliphatic rings. The van der Waals surface area contributed by atoms with Gasteiger partial charge in [0.1, 0.15) is 18.2 Å². The van der Waals surface area contributed by atoms with Gasteiger partial charge in [-0.15, -0.1) is 0 Å². The third-order valence-electron chi connectivity index (χ3n) is 3.57. The van der Waals surface area contributed by atoms with E-state index in [0.717, 1.165) is 22.4 Å². The normalized spacial score (nSPS) is 10.7. The lowest BCUT2D eigenvalue weighted by Crippen LogP contribution is -2.14. The number of nitrogens with two attached hydrogens (primary N) is 1. The maximum Gasteiger partial charge on any atom is 0.123 e. The Balaban J connectivity index is 2.20. The Morgan fingerprint density at radius 1 is 1.19 bits per heavy atom. The van der Waals surface area contributed by atoms with E-state index < -0.39 is 0 Å². The Bertz CT molecular complexity index is 647. The first-order chi connectivity index (χ1) is 9.99. The minimum absolute atomic E-state index is 0.0712. The van der Waals surface area contributed by atoms with E-state index in [9.17, 15) is 0 Å². The van der Waals surface area contributed by atoms with Gasteiger partial charge in [-0.05, 0) is 30.0 Å². The van der Waals surface area contributed by atoms with Crippen LogP contribution in [-0.2, 0) is 6.61 Å². The van der Waals surface area contributed by atoms with Gasteiger partial charge in [0.25, 0.3) is 0 Å². The van der Waals surface area contributed by atoms with E-state index in [1.54, 1.807) is 0 Å². The molecule has 0 radical (unpaired) electrons. The van der Waals surface area contributed by atoms with Crippen LogP contribution in [0, 0.1) is 12.3 Å². The van der Waals surface area contributed by atoms with Crippen LogP contribution >= 0.6 is 0 Å². The molecule has 0 unspecified atom stereocenters. The fraction of sp³-hybridized carbons (Fsp3) is 0.278. The van der Waals surface area contributed by atoms with Crippen molar-refractivity contribution in [2.24, 2.45) is 5.73 Å². The van der Waals surface area contributed by atoms with Crippen molar-refractivity contribution in [2.75, 3.05) is 0 Å².